The first-order valence-electron chi connectivity index (χ1n) is 5.86. The van der Waals surface area contributed by atoms with Gasteiger partial charge in [0.1, 0.15) is 0 Å². The van der Waals surface area contributed by atoms with Crippen molar-refractivity contribution in [1.29, 1.82) is 0 Å². The molecule has 1 fully saturated rings. The number of fused-ring (bicyclic) bond motifs is 1. The van der Waals surface area contributed by atoms with Gasteiger partial charge in [-0.05, 0) is 30.4 Å². The van der Waals surface area contributed by atoms with Gasteiger partial charge < -0.3 is 10.1 Å². The molecule has 2 heteroatoms. The van der Waals surface area contributed by atoms with Gasteiger partial charge in [-0.25, -0.2) is 0 Å². The summed E-state index contributed by atoms with van der Waals surface area (Å²) >= 11 is 0. The maximum absolute atomic E-state index is 5.22. The van der Waals surface area contributed by atoms with Crippen LogP contribution in [0.1, 0.15) is 36.4 Å². The smallest absolute Gasteiger partial charge is 0.0810 e. The van der Waals surface area contributed by atoms with E-state index in [1.807, 2.05) is 0 Å². The maximum atomic E-state index is 5.22. The second kappa shape index (κ2) is 3.95. The van der Waals surface area contributed by atoms with Crippen molar-refractivity contribution in [3.8, 4) is 0 Å². The van der Waals surface area contributed by atoms with Gasteiger partial charge in [-0.15, -0.1) is 0 Å². The third-order valence-electron chi connectivity index (χ3n) is 3.39. The lowest BCUT2D eigenvalue weighted by Gasteiger charge is -2.11. The quantitative estimate of drug-likeness (QED) is 0.760. The molecule has 3 rings (SSSR count). The van der Waals surface area contributed by atoms with Gasteiger partial charge in [0.05, 0.1) is 12.7 Å². The molecule has 2 aliphatic heterocycles. The van der Waals surface area contributed by atoms with Gasteiger partial charge in [0.15, 0.2) is 0 Å². The van der Waals surface area contributed by atoms with Crippen molar-refractivity contribution in [2.75, 3.05) is 6.61 Å². The summed E-state index contributed by atoms with van der Waals surface area (Å²) in [6.45, 7) is 2.04. The number of benzene rings is 1. The van der Waals surface area contributed by atoms with E-state index >= 15 is 0 Å². The Bertz CT molecular complexity index is 346. The number of hydrogen-bond donors (Lipinski definition) is 1. The van der Waals surface area contributed by atoms with Crippen LogP contribution < -0.4 is 5.32 Å². The van der Waals surface area contributed by atoms with E-state index in [0.29, 0.717) is 12.1 Å². The molecule has 0 aromatic heterocycles. The van der Waals surface area contributed by atoms with Gasteiger partial charge in [0.2, 0.25) is 0 Å². The van der Waals surface area contributed by atoms with Crippen LogP contribution in [0.4, 0.5) is 0 Å². The van der Waals surface area contributed by atoms with E-state index in [9.17, 15) is 0 Å². The Balaban J connectivity index is 1.58. The summed E-state index contributed by atoms with van der Waals surface area (Å²) in [6.07, 6.45) is 4.34. The second-order valence-electron chi connectivity index (χ2n) is 4.52. The number of hydrogen-bond acceptors (Lipinski definition) is 2. The average molecular weight is 203 g/mol. The lowest BCUT2D eigenvalue weighted by Crippen LogP contribution is -2.11. The topological polar surface area (TPSA) is 24.6 Å². The molecule has 2 heterocycles. The van der Waals surface area contributed by atoms with Gasteiger partial charge in [-0.3, -0.25) is 0 Å². The van der Waals surface area contributed by atoms with Gasteiger partial charge >= 0.3 is 0 Å². The third-order valence-corrected chi connectivity index (χ3v) is 3.39. The van der Waals surface area contributed by atoms with E-state index in [4.69, 9.17) is 4.74 Å². The summed E-state index contributed by atoms with van der Waals surface area (Å²) in [5, 5.41) is 3.58. The molecule has 15 heavy (non-hydrogen) atoms. The Hall–Kier alpha value is -0.860. The minimum atomic E-state index is 0.583. The van der Waals surface area contributed by atoms with Gasteiger partial charge in [0, 0.05) is 12.6 Å². The fourth-order valence-corrected chi connectivity index (χ4v) is 2.42. The molecule has 0 amide bonds. The highest BCUT2D eigenvalue weighted by atomic mass is 16.6. The zero-order chi connectivity index (χ0) is 10.1. The van der Waals surface area contributed by atoms with Gasteiger partial charge in [0.25, 0.3) is 0 Å². The van der Waals surface area contributed by atoms with Crippen molar-refractivity contribution in [2.24, 2.45) is 0 Å². The van der Waals surface area contributed by atoms with E-state index in [-0.39, 0.29) is 0 Å². The number of ether oxygens (including phenoxy) is 1. The van der Waals surface area contributed by atoms with Crippen molar-refractivity contribution in [1.82, 2.24) is 5.32 Å². The van der Waals surface area contributed by atoms with Crippen LogP contribution in [0.3, 0.4) is 0 Å². The molecule has 1 saturated heterocycles. The van der Waals surface area contributed by atoms with E-state index in [0.717, 1.165) is 13.2 Å². The highest BCUT2D eigenvalue weighted by Gasteiger charge is 2.24. The third kappa shape index (κ3) is 2.06. The van der Waals surface area contributed by atoms with Crippen LogP contribution in [-0.4, -0.2) is 12.7 Å². The minimum absolute atomic E-state index is 0.583. The summed E-state index contributed by atoms with van der Waals surface area (Å²) in [5.74, 6) is 0. The molecular weight excluding hydrogens is 186 g/mol. The highest BCUT2D eigenvalue weighted by Crippen LogP contribution is 2.29. The van der Waals surface area contributed by atoms with Crippen molar-refractivity contribution in [3.05, 3.63) is 35.4 Å². The minimum Gasteiger partial charge on any atom is -0.373 e. The highest BCUT2D eigenvalue weighted by molar-refractivity contribution is 5.33. The lowest BCUT2D eigenvalue weighted by atomic mass is 10.0. The van der Waals surface area contributed by atoms with Crippen LogP contribution in [0, 0.1) is 0 Å². The van der Waals surface area contributed by atoms with E-state index < -0.39 is 0 Å². The molecule has 1 aromatic rings. The Morgan fingerprint density at radius 3 is 3.00 bits per heavy atom. The van der Waals surface area contributed by atoms with Crippen LogP contribution in [0.2, 0.25) is 0 Å². The van der Waals surface area contributed by atoms with Gasteiger partial charge in [-0.1, -0.05) is 24.3 Å². The molecule has 0 spiro atoms. The van der Waals surface area contributed by atoms with Crippen LogP contribution in [0.5, 0.6) is 0 Å². The number of nitrogens with one attached hydrogen (secondary N) is 1. The van der Waals surface area contributed by atoms with Crippen LogP contribution in [0.15, 0.2) is 24.3 Å². The molecule has 0 bridgehead atoms. The molecule has 0 radical (unpaired) electrons. The Kier molecular flexibility index (Phi) is 2.47. The fraction of sp³-hybridized carbons (Fsp3) is 0.538. The number of epoxide rings is 1. The Morgan fingerprint density at radius 1 is 1.27 bits per heavy atom. The van der Waals surface area contributed by atoms with Gasteiger partial charge in [-0.2, -0.15) is 0 Å². The number of rotatable bonds is 4. The van der Waals surface area contributed by atoms with Crippen LogP contribution in [0.25, 0.3) is 0 Å². The van der Waals surface area contributed by atoms with Crippen molar-refractivity contribution in [2.45, 2.75) is 38.0 Å². The maximum Gasteiger partial charge on any atom is 0.0810 e. The van der Waals surface area contributed by atoms with E-state index in [1.54, 1.807) is 0 Å². The summed E-state index contributed by atoms with van der Waals surface area (Å²) < 4.78 is 5.22. The summed E-state index contributed by atoms with van der Waals surface area (Å²) in [5.41, 5.74) is 2.99. The molecule has 2 nitrogen and oxygen atoms in total. The standard InChI is InChI=1S/C13H17NO/c1-2-6-12-10(4-1)8-14-13(12)7-3-5-11-9-15-11/h1-2,4,6,11,13-14H,3,5,7-9H2. The molecule has 2 aliphatic rings. The molecule has 1 aromatic carbocycles. The van der Waals surface area contributed by atoms with Crippen molar-refractivity contribution < 1.29 is 4.74 Å². The molecular formula is C13H17NO. The lowest BCUT2D eigenvalue weighted by molar-refractivity contribution is 0.382. The predicted molar refractivity (Wildman–Crippen MR) is 59.6 cm³/mol. The summed E-state index contributed by atoms with van der Waals surface area (Å²) in [6, 6.07) is 9.34. The van der Waals surface area contributed by atoms with Crippen molar-refractivity contribution in [3.63, 3.8) is 0 Å². The first-order chi connectivity index (χ1) is 7.43. The normalized spacial score (nSPS) is 27.7. The molecule has 2 unspecified atom stereocenters. The zero-order valence-corrected chi connectivity index (χ0v) is 8.91. The Morgan fingerprint density at radius 2 is 2.13 bits per heavy atom. The summed E-state index contributed by atoms with van der Waals surface area (Å²) in [7, 11) is 0. The molecule has 2 atom stereocenters. The molecule has 0 aliphatic carbocycles. The SMILES string of the molecule is c1ccc2c(c1)CNC2CCCC1CO1. The molecule has 1 N–H and O–H groups in total. The predicted octanol–water partition coefficient (Wildman–Crippen LogP) is 2.40. The van der Waals surface area contributed by atoms with Crippen LogP contribution >= 0.6 is 0 Å². The zero-order valence-electron chi connectivity index (χ0n) is 8.91. The molecule has 0 saturated carbocycles. The summed E-state index contributed by atoms with van der Waals surface area (Å²) in [4.78, 5) is 0. The van der Waals surface area contributed by atoms with E-state index in [2.05, 4.69) is 29.6 Å². The molecule has 80 valence electrons. The van der Waals surface area contributed by atoms with Crippen LogP contribution in [-0.2, 0) is 11.3 Å². The largest absolute Gasteiger partial charge is 0.373 e. The Labute approximate surface area is 90.6 Å². The first-order valence-corrected chi connectivity index (χ1v) is 5.86. The monoisotopic (exact) mass is 203 g/mol. The van der Waals surface area contributed by atoms with Crippen molar-refractivity contribution >= 4 is 0 Å². The average Bonchev–Trinajstić information content (AvgIpc) is 3.00. The fourth-order valence-electron chi connectivity index (χ4n) is 2.42. The first kappa shape index (κ1) is 9.37. The van der Waals surface area contributed by atoms with E-state index in [1.165, 1.54) is 30.4 Å². The second-order valence-corrected chi connectivity index (χ2v) is 4.52.